The summed E-state index contributed by atoms with van der Waals surface area (Å²) >= 11 is 0. The molecule has 0 aromatic carbocycles. The molecule has 0 aliphatic heterocycles. The zero-order chi connectivity index (χ0) is 19.0. The molecule has 0 bridgehead atoms. The van der Waals surface area contributed by atoms with Crippen LogP contribution in [0.1, 0.15) is 54.4 Å². The predicted octanol–water partition coefficient (Wildman–Crippen LogP) is 2.73. The fourth-order valence-corrected chi connectivity index (χ4v) is 1.60. The highest BCUT2D eigenvalue weighted by atomic mass is 16.6. The highest BCUT2D eigenvalue weighted by Crippen LogP contribution is 2.12. The van der Waals surface area contributed by atoms with Crippen LogP contribution in [0.15, 0.2) is 12.7 Å². The Labute approximate surface area is 143 Å². The number of ether oxygens (including phenoxy) is 3. The van der Waals surface area contributed by atoms with E-state index in [2.05, 4.69) is 11.9 Å². The molecule has 1 amide bonds. The molecule has 7 heteroatoms. The number of esters is 2. The number of amides is 1. The minimum atomic E-state index is -1.01. The smallest absolute Gasteiger partial charge is 0.408 e. The van der Waals surface area contributed by atoms with E-state index in [0.717, 1.165) is 0 Å². The lowest BCUT2D eigenvalue weighted by molar-refractivity contribution is -0.155. The van der Waals surface area contributed by atoms with E-state index in [0.29, 0.717) is 0 Å². The second-order valence-electron chi connectivity index (χ2n) is 7.24. The number of carbonyl (C=O) groups excluding carboxylic acids is 3. The first kappa shape index (κ1) is 21.9. The number of hydrogen-bond acceptors (Lipinski definition) is 6. The van der Waals surface area contributed by atoms with Gasteiger partial charge in [-0.15, -0.1) is 0 Å². The lowest BCUT2D eigenvalue weighted by Crippen LogP contribution is -2.44. The molecule has 138 valence electrons. The summed E-state index contributed by atoms with van der Waals surface area (Å²) in [5.41, 5.74) is -1.32. The first-order valence-corrected chi connectivity index (χ1v) is 7.83. The maximum atomic E-state index is 12.0. The van der Waals surface area contributed by atoms with E-state index in [1.54, 1.807) is 41.5 Å². The van der Waals surface area contributed by atoms with Gasteiger partial charge >= 0.3 is 18.0 Å². The van der Waals surface area contributed by atoms with Gasteiger partial charge in [-0.3, -0.25) is 4.79 Å². The second kappa shape index (κ2) is 9.30. The van der Waals surface area contributed by atoms with Gasteiger partial charge < -0.3 is 19.5 Å². The topological polar surface area (TPSA) is 90.9 Å². The average molecular weight is 343 g/mol. The van der Waals surface area contributed by atoms with Crippen molar-refractivity contribution >= 4 is 18.0 Å². The molecule has 0 fully saturated rings. The zero-order valence-corrected chi connectivity index (χ0v) is 15.4. The summed E-state index contributed by atoms with van der Waals surface area (Å²) in [5, 5.41) is 2.42. The van der Waals surface area contributed by atoms with Gasteiger partial charge in [0.25, 0.3) is 0 Å². The van der Waals surface area contributed by atoms with Gasteiger partial charge in [0.1, 0.15) is 23.9 Å². The van der Waals surface area contributed by atoms with E-state index < -0.39 is 35.3 Å². The summed E-state index contributed by atoms with van der Waals surface area (Å²) in [4.78, 5) is 35.6. The Morgan fingerprint density at radius 2 is 1.58 bits per heavy atom. The summed E-state index contributed by atoms with van der Waals surface area (Å²) in [7, 11) is 0. The lowest BCUT2D eigenvalue weighted by atomic mass is 10.1. The van der Waals surface area contributed by atoms with Gasteiger partial charge in [-0.2, -0.15) is 0 Å². The Kier molecular flexibility index (Phi) is 8.50. The average Bonchev–Trinajstić information content (AvgIpc) is 2.36. The molecule has 0 heterocycles. The highest BCUT2D eigenvalue weighted by molar-refractivity contribution is 5.82. The van der Waals surface area contributed by atoms with Gasteiger partial charge in [0.2, 0.25) is 0 Å². The van der Waals surface area contributed by atoms with Crippen LogP contribution in [0.2, 0.25) is 0 Å². The van der Waals surface area contributed by atoms with Gasteiger partial charge in [-0.1, -0.05) is 12.7 Å². The molecular weight excluding hydrogens is 314 g/mol. The Morgan fingerprint density at radius 1 is 1.04 bits per heavy atom. The summed E-state index contributed by atoms with van der Waals surface area (Å²) in [5.74, 6) is -1.13. The van der Waals surface area contributed by atoms with Crippen LogP contribution in [0.4, 0.5) is 4.79 Å². The number of alkyl carbamates (subject to hydrolysis) is 1. The van der Waals surface area contributed by atoms with Crippen molar-refractivity contribution in [2.75, 3.05) is 6.61 Å². The van der Waals surface area contributed by atoms with Gasteiger partial charge in [0.05, 0.1) is 0 Å². The monoisotopic (exact) mass is 343 g/mol. The summed E-state index contributed by atoms with van der Waals surface area (Å²) < 4.78 is 15.2. The van der Waals surface area contributed by atoms with E-state index >= 15 is 0 Å². The number of hydrogen-bond donors (Lipinski definition) is 1. The van der Waals surface area contributed by atoms with Crippen molar-refractivity contribution in [3.8, 4) is 0 Å². The Balaban J connectivity index is 4.75. The molecule has 1 atom stereocenters. The minimum Gasteiger partial charge on any atom is -0.460 e. The quantitative estimate of drug-likeness (QED) is 0.434. The third-order valence-corrected chi connectivity index (χ3v) is 2.38. The van der Waals surface area contributed by atoms with Gasteiger partial charge in [-0.25, -0.2) is 9.59 Å². The van der Waals surface area contributed by atoms with E-state index in [9.17, 15) is 14.4 Å². The minimum absolute atomic E-state index is 0.0117. The molecule has 0 saturated heterocycles. The van der Waals surface area contributed by atoms with E-state index in [4.69, 9.17) is 14.2 Å². The molecule has 0 spiro atoms. The van der Waals surface area contributed by atoms with Gasteiger partial charge in [0, 0.05) is 6.42 Å². The highest BCUT2D eigenvalue weighted by Gasteiger charge is 2.27. The van der Waals surface area contributed by atoms with E-state index in [-0.39, 0.29) is 19.4 Å². The van der Waals surface area contributed by atoms with Crippen LogP contribution in [-0.2, 0) is 23.8 Å². The molecule has 0 aromatic heterocycles. The fraction of sp³-hybridized carbons (Fsp3) is 0.706. The van der Waals surface area contributed by atoms with Crippen molar-refractivity contribution < 1.29 is 28.6 Å². The molecule has 0 unspecified atom stereocenters. The maximum absolute atomic E-state index is 12.0. The molecule has 0 aromatic rings. The molecule has 0 rings (SSSR count). The normalized spacial score (nSPS) is 12.8. The van der Waals surface area contributed by atoms with Crippen molar-refractivity contribution in [2.45, 2.75) is 71.6 Å². The zero-order valence-electron chi connectivity index (χ0n) is 15.4. The van der Waals surface area contributed by atoms with Crippen LogP contribution in [0.25, 0.3) is 0 Å². The Hall–Kier alpha value is -2.05. The first-order valence-electron chi connectivity index (χ1n) is 7.83. The van der Waals surface area contributed by atoms with Crippen LogP contribution in [0.3, 0.4) is 0 Å². The fourth-order valence-electron chi connectivity index (χ4n) is 1.60. The van der Waals surface area contributed by atoms with Crippen molar-refractivity contribution in [1.29, 1.82) is 0 Å². The van der Waals surface area contributed by atoms with Crippen LogP contribution in [-0.4, -0.2) is 41.9 Å². The van der Waals surface area contributed by atoms with Crippen molar-refractivity contribution in [3.63, 3.8) is 0 Å². The third kappa shape index (κ3) is 11.5. The van der Waals surface area contributed by atoms with Crippen molar-refractivity contribution in [1.82, 2.24) is 5.32 Å². The first-order chi connectivity index (χ1) is 10.8. The molecule has 24 heavy (non-hydrogen) atoms. The van der Waals surface area contributed by atoms with Crippen LogP contribution >= 0.6 is 0 Å². The number of nitrogens with one attached hydrogen (secondary N) is 1. The van der Waals surface area contributed by atoms with Crippen LogP contribution in [0, 0.1) is 0 Å². The molecule has 7 nitrogen and oxygen atoms in total. The molecular formula is C17H29NO6. The number of carbonyl (C=O) groups is 3. The van der Waals surface area contributed by atoms with E-state index in [1.165, 1.54) is 6.08 Å². The number of rotatable bonds is 7. The molecule has 0 saturated carbocycles. The summed E-state index contributed by atoms with van der Waals surface area (Å²) in [6.07, 6.45) is 0.661. The largest absolute Gasteiger partial charge is 0.460 e. The molecule has 0 aliphatic rings. The molecule has 0 radical (unpaired) electrons. The van der Waals surface area contributed by atoms with Crippen LogP contribution < -0.4 is 5.32 Å². The van der Waals surface area contributed by atoms with Gasteiger partial charge in [-0.05, 0) is 48.0 Å². The maximum Gasteiger partial charge on any atom is 0.408 e. The summed E-state index contributed by atoms with van der Waals surface area (Å²) in [6, 6.07) is -1.01. The predicted molar refractivity (Wildman–Crippen MR) is 89.4 cm³/mol. The SMILES string of the molecule is C=CCOC(=O)[C@@H](CCC(=O)OC(C)(C)C)NC(=O)OC(C)(C)C. The third-order valence-electron chi connectivity index (χ3n) is 2.38. The van der Waals surface area contributed by atoms with E-state index in [1.807, 2.05) is 0 Å². The van der Waals surface area contributed by atoms with Crippen molar-refractivity contribution in [3.05, 3.63) is 12.7 Å². The molecule has 1 N–H and O–H groups in total. The van der Waals surface area contributed by atoms with Gasteiger partial charge in [0.15, 0.2) is 0 Å². The van der Waals surface area contributed by atoms with Crippen molar-refractivity contribution in [2.24, 2.45) is 0 Å². The lowest BCUT2D eigenvalue weighted by Gasteiger charge is -2.23. The Bertz CT molecular complexity index is 459. The van der Waals surface area contributed by atoms with Crippen LogP contribution in [0.5, 0.6) is 0 Å². The summed E-state index contributed by atoms with van der Waals surface area (Å²) in [6.45, 7) is 13.8. The molecule has 0 aliphatic carbocycles. The second-order valence-corrected chi connectivity index (χ2v) is 7.24. The standard InChI is InChI=1S/C17H29NO6/c1-8-11-22-14(20)12(18-15(21)24-17(5,6)7)9-10-13(19)23-16(2,3)4/h8,12H,1,9-11H2,2-7H3,(H,18,21)/t12-/m1/s1. The Morgan fingerprint density at radius 3 is 2.04 bits per heavy atom.